The fraction of sp³-hybridized carbons (Fsp3) is 0.333. The SMILES string of the molecule is Nc1nc(N2CCNCC2)nc2ccccc12. The van der Waals surface area contributed by atoms with Gasteiger partial charge >= 0.3 is 0 Å². The minimum Gasteiger partial charge on any atom is -0.383 e. The van der Waals surface area contributed by atoms with Gasteiger partial charge in [0, 0.05) is 31.6 Å². The number of benzene rings is 1. The van der Waals surface area contributed by atoms with Crippen molar-refractivity contribution in [1.82, 2.24) is 15.3 Å². The van der Waals surface area contributed by atoms with Gasteiger partial charge in [0.05, 0.1) is 5.52 Å². The zero-order valence-corrected chi connectivity index (χ0v) is 9.56. The lowest BCUT2D eigenvalue weighted by Crippen LogP contribution is -2.44. The highest BCUT2D eigenvalue weighted by molar-refractivity contribution is 5.88. The van der Waals surface area contributed by atoms with E-state index in [0.29, 0.717) is 5.82 Å². The maximum Gasteiger partial charge on any atom is 0.227 e. The van der Waals surface area contributed by atoms with Crippen LogP contribution in [0.1, 0.15) is 0 Å². The Bertz CT molecular complexity index is 533. The average Bonchev–Trinajstić information content (AvgIpc) is 2.40. The summed E-state index contributed by atoms with van der Waals surface area (Å²) in [6.45, 7) is 3.79. The van der Waals surface area contributed by atoms with Crippen molar-refractivity contribution in [3.05, 3.63) is 24.3 Å². The van der Waals surface area contributed by atoms with Crippen LogP contribution in [-0.4, -0.2) is 36.1 Å². The van der Waals surface area contributed by atoms with Crippen molar-refractivity contribution in [2.24, 2.45) is 0 Å². The third kappa shape index (κ3) is 1.89. The van der Waals surface area contributed by atoms with Crippen molar-refractivity contribution in [2.45, 2.75) is 0 Å². The molecule has 5 heteroatoms. The molecule has 0 saturated carbocycles. The van der Waals surface area contributed by atoms with Gasteiger partial charge in [-0.1, -0.05) is 12.1 Å². The Hall–Kier alpha value is -1.88. The van der Waals surface area contributed by atoms with Crippen LogP contribution in [-0.2, 0) is 0 Å². The summed E-state index contributed by atoms with van der Waals surface area (Å²) in [4.78, 5) is 11.1. The van der Waals surface area contributed by atoms with Gasteiger partial charge in [0.25, 0.3) is 0 Å². The van der Waals surface area contributed by atoms with Gasteiger partial charge in [0.1, 0.15) is 5.82 Å². The number of rotatable bonds is 1. The standard InChI is InChI=1S/C12H15N5/c13-11-9-3-1-2-4-10(9)15-12(16-11)17-7-5-14-6-8-17/h1-4,14H,5-8H2,(H2,13,15,16). The van der Waals surface area contributed by atoms with Crippen LogP contribution in [0.2, 0.25) is 0 Å². The molecule has 88 valence electrons. The monoisotopic (exact) mass is 229 g/mol. The first-order valence-electron chi connectivity index (χ1n) is 5.82. The number of hydrogen-bond donors (Lipinski definition) is 2. The summed E-state index contributed by atoms with van der Waals surface area (Å²) in [5.41, 5.74) is 6.88. The summed E-state index contributed by atoms with van der Waals surface area (Å²) in [5, 5.41) is 4.23. The topological polar surface area (TPSA) is 67.1 Å². The van der Waals surface area contributed by atoms with E-state index in [9.17, 15) is 0 Å². The maximum atomic E-state index is 5.97. The molecule has 1 aromatic carbocycles. The molecule has 0 spiro atoms. The van der Waals surface area contributed by atoms with Crippen molar-refractivity contribution < 1.29 is 0 Å². The van der Waals surface area contributed by atoms with Crippen LogP contribution in [0.15, 0.2) is 24.3 Å². The molecule has 3 rings (SSSR count). The van der Waals surface area contributed by atoms with Crippen LogP contribution < -0.4 is 16.0 Å². The van der Waals surface area contributed by atoms with Crippen molar-refractivity contribution in [3.8, 4) is 0 Å². The molecule has 3 N–H and O–H groups in total. The number of para-hydroxylation sites is 1. The van der Waals surface area contributed by atoms with E-state index in [1.165, 1.54) is 0 Å². The van der Waals surface area contributed by atoms with E-state index in [1.807, 2.05) is 24.3 Å². The number of hydrogen-bond acceptors (Lipinski definition) is 5. The summed E-state index contributed by atoms with van der Waals surface area (Å²) in [6, 6.07) is 7.84. The second-order valence-electron chi connectivity index (χ2n) is 4.16. The van der Waals surface area contributed by atoms with Gasteiger partial charge in [0.15, 0.2) is 0 Å². The van der Waals surface area contributed by atoms with Gasteiger partial charge in [-0.3, -0.25) is 0 Å². The molecule has 5 nitrogen and oxygen atoms in total. The third-order valence-corrected chi connectivity index (χ3v) is 3.02. The quantitative estimate of drug-likeness (QED) is 0.750. The molecule has 0 aliphatic carbocycles. The number of piperazine rings is 1. The maximum absolute atomic E-state index is 5.97. The molecular formula is C12H15N5. The zero-order valence-electron chi connectivity index (χ0n) is 9.56. The number of nitrogens with zero attached hydrogens (tertiary/aromatic N) is 3. The van der Waals surface area contributed by atoms with Gasteiger partial charge in [-0.15, -0.1) is 0 Å². The number of nitrogens with two attached hydrogens (primary N) is 1. The van der Waals surface area contributed by atoms with Gasteiger partial charge in [-0.05, 0) is 12.1 Å². The summed E-state index contributed by atoms with van der Waals surface area (Å²) < 4.78 is 0. The number of nitrogens with one attached hydrogen (secondary N) is 1. The highest BCUT2D eigenvalue weighted by Gasteiger charge is 2.14. The lowest BCUT2D eigenvalue weighted by molar-refractivity contribution is 0.581. The summed E-state index contributed by atoms with van der Waals surface area (Å²) >= 11 is 0. The van der Waals surface area contributed by atoms with Crippen LogP contribution in [0.5, 0.6) is 0 Å². The molecule has 1 aliphatic heterocycles. The third-order valence-electron chi connectivity index (χ3n) is 3.02. The Kier molecular flexibility index (Phi) is 2.53. The summed E-state index contributed by atoms with van der Waals surface area (Å²) in [5.74, 6) is 1.30. The Morgan fingerprint density at radius 3 is 2.71 bits per heavy atom. The molecule has 0 radical (unpaired) electrons. The summed E-state index contributed by atoms with van der Waals surface area (Å²) in [6.07, 6.45) is 0. The number of fused-ring (bicyclic) bond motifs is 1. The van der Waals surface area contributed by atoms with Gasteiger partial charge in [-0.25, -0.2) is 4.98 Å². The largest absolute Gasteiger partial charge is 0.383 e. The Balaban J connectivity index is 2.05. The zero-order chi connectivity index (χ0) is 11.7. The van der Waals surface area contributed by atoms with Crippen molar-refractivity contribution in [3.63, 3.8) is 0 Å². The van der Waals surface area contributed by atoms with Crippen molar-refractivity contribution in [2.75, 3.05) is 36.8 Å². The fourth-order valence-electron chi connectivity index (χ4n) is 2.09. The summed E-state index contributed by atoms with van der Waals surface area (Å²) in [7, 11) is 0. The predicted octanol–water partition coefficient (Wildman–Crippen LogP) is 0.622. The fourth-order valence-corrected chi connectivity index (χ4v) is 2.09. The Labute approximate surface area is 99.7 Å². The van der Waals surface area contributed by atoms with E-state index >= 15 is 0 Å². The molecule has 0 unspecified atom stereocenters. The molecule has 1 saturated heterocycles. The van der Waals surface area contributed by atoms with E-state index in [4.69, 9.17) is 5.73 Å². The highest BCUT2D eigenvalue weighted by Crippen LogP contribution is 2.20. The first-order valence-corrected chi connectivity index (χ1v) is 5.82. The van der Waals surface area contributed by atoms with E-state index in [1.54, 1.807) is 0 Å². The van der Waals surface area contributed by atoms with Crippen molar-refractivity contribution in [1.29, 1.82) is 0 Å². The van der Waals surface area contributed by atoms with Crippen LogP contribution in [0.3, 0.4) is 0 Å². The van der Waals surface area contributed by atoms with Crippen LogP contribution in [0.25, 0.3) is 10.9 Å². The molecular weight excluding hydrogens is 214 g/mol. The molecule has 2 heterocycles. The lowest BCUT2D eigenvalue weighted by atomic mass is 10.2. The molecule has 0 atom stereocenters. The van der Waals surface area contributed by atoms with Crippen LogP contribution in [0, 0.1) is 0 Å². The van der Waals surface area contributed by atoms with Crippen LogP contribution >= 0.6 is 0 Å². The van der Waals surface area contributed by atoms with Gasteiger partial charge < -0.3 is 16.0 Å². The lowest BCUT2D eigenvalue weighted by Gasteiger charge is -2.27. The first kappa shape index (κ1) is 10.3. The smallest absolute Gasteiger partial charge is 0.227 e. The molecule has 0 bridgehead atoms. The highest BCUT2D eigenvalue weighted by atomic mass is 15.3. The number of aromatic nitrogens is 2. The Morgan fingerprint density at radius 1 is 1.12 bits per heavy atom. The second kappa shape index (κ2) is 4.18. The average molecular weight is 229 g/mol. The minimum atomic E-state index is 0.559. The van der Waals surface area contributed by atoms with Gasteiger partial charge in [0.2, 0.25) is 5.95 Å². The minimum absolute atomic E-state index is 0.559. The van der Waals surface area contributed by atoms with Gasteiger partial charge in [-0.2, -0.15) is 4.98 Å². The Morgan fingerprint density at radius 2 is 1.88 bits per heavy atom. The second-order valence-corrected chi connectivity index (χ2v) is 4.16. The molecule has 1 fully saturated rings. The van der Waals surface area contributed by atoms with Crippen molar-refractivity contribution >= 4 is 22.7 Å². The number of nitrogen functional groups attached to an aromatic ring is 1. The molecule has 1 aromatic heterocycles. The molecule has 2 aromatic rings. The number of anilines is 2. The van der Waals surface area contributed by atoms with E-state index < -0.39 is 0 Å². The van der Waals surface area contributed by atoms with E-state index in [0.717, 1.165) is 43.0 Å². The first-order chi connectivity index (χ1) is 8.34. The molecule has 0 amide bonds. The normalized spacial score (nSPS) is 16.4. The van der Waals surface area contributed by atoms with E-state index in [-0.39, 0.29) is 0 Å². The van der Waals surface area contributed by atoms with E-state index in [2.05, 4.69) is 20.2 Å². The molecule has 1 aliphatic rings. The predicted molar refractivity (Wildman–Crippen MR) is 69.0 cm³/mol. The van der Waals surface area contributed by atoms with Crippen LogP contribution in [0.4, 0.5) is 11.8 Å². The molecule has 17 heavy (non-hydrogen) atoms.